The third-order valence-corrected chi connectivity index (χ3v) is 9.84. The molecule has 2 aliphatic heterocycles. The van der Waals surface area contributed by atoms with E-state index in [1.54, 1.807) is 36.2 Å². The smallest absolute Gasteiger partial charge is 0.246 e. The van der Waals surface area contributed by atoms with E-state index in [0.717, 1.165) is 43.0 Å². The molecule has 194 valence electrons. The molecule has 2 N–H and O–H groups in total. The highest BCUT2D eigenvalue weighted by Gasteiger charge is 2.73. The molecule has 2 aromatic rings. The predicted molar refractivity (Wildman–Crippen MR) is 137 cm³/mol. The molecule has 2 aromatic carbocycles. The Hall–Kier alpha value is -2.90. The third kappa shape index (κ3) is 3.26. The van der Waals surface area contributed by atoms with Gasteiger partial charge in [0.25, 0.3) is 0 Å². The van der Waals surface area contributed by atoms with Gasteiger partial charge < -0.3 is 19.8 Å². The van der Waals surface area contributed by atoms with Gasteiger partial charge in [0.05, 0.1) is 17.1 Å². The van der Waals surface area contributed by atoms with Crippen LogP contribution in [0.25, 0.3) is 6.08 Å². The van der Waals surface area contributed by atoms with Gasteiger partial charge in [0.2, 0.25) is 5.91 Å². The second-order valence-corrected chi connectivity index (χ2v) is 11.7. The molecular formula is C30H33FN2O4. The normalized spacial score (nSPS) is 33.8. The van der Waals surface area contributed by atoms with Crippen LogP contribution in [0.15, 0.2) is 42.5 Å². The van der Waals surface area contributed by atoms with Gasteiger partial charge in [-0.1, -0.05) is 18.2 Å². The molecule has 37 heavy (non-hydrogen) atoms. The highest BCUT2D eigenvalue weighted by atomic mass is 19.1. The van der Waals surface area contributed by atoms with Crippen molar-refractivity contribution in [1.29, 1.82) is 0 Å². The summed E-state index contributed by atoms with van der Waals surface area (Å²) < 4.78 is 20.2. The molecule has 6 nitrogen and oxygen atoms in total. The Balaban J connectivity index is 1.25. The van der Waals surface area contributed by atoms with Crippen molar-refractivity contribution < 1.29 is 24.1 Å². The van der Waals surface area contributed by atoms with E-state index in [1.165, 1.54) is 31.1 Å². The lowest BCUT2D eigenvalue weighted by atomic mass is 9.48. The number of amides is 1. The van der Waals surface area contributed by atoms with Gasteiger partial charge in [-0.3, -0.25) is 9.69 Å². The Kier molecular flexibility index (Phi) is 5.05. The summed E-state index contributed by atoms with van der Waals surface area (Å²) in [5, 5.41) is 23.4. The molecule has 5 atom stereocenters. The predicted octanol–water partition coefficient (Wildman–Crippen LogP) is 3.64. The number of phenols is 1. The number of hydrogen-bond acceptors (Lipinski definition) is 5. The summed E-state index contributed by atoms with van der Waals surface area (Å²) in [6.45, 7) is 1.91. The van der Waals surface area contributed by atoms with Crippen LogP contribution in [0.5, 0.6) is 11.5 Å². The van der Waals surface area contributed by atoms with Crippen LogP contribution in [-0.4, -0.2) is 69.8 Å². The quantitative estimate of drug-likeness (QED) is 0.609. The number of halogens is 1. The van der Waals surface area contributed by atoms with Gasteiger partial charge in [0, 0.05) is 31.3 Å². The SMILES string of the molecule is CN(C(=O)C=Cc1cccc(F)c1)[C@H]1CC[C@@]2(O)[C@H]3Cc4ccc(O)c5c4[C@@]2(CCN3CC2CC2)[C@H]1O5. The molecule has 1 spiro atoms. The van der Waals surface area contributed by atoms with E-state index in [2.05, 4.69) is 4.90 Å². The molecule has 2 heterocycles. The van der Waals surface area contributed by atoms with E-state index in [4.69, 9.17) is 4.74 Å². The third-order valence-electron chi connectivity index (χ3n) is 9.84. The summed E-state index contributed by atoms with van der Waals surface area (Å²) in [6.07, 6.45) is 7.85. The Morgan fingerprint density at radius 2 is 2.08 bits per heavy atom. The van der Waals surface area contributed by atoms with Gasteiger partial charge in [0.15, 0.2) is 11.5 Å². The molecule has 1 saturated heterocycles. The first kappa shape index (κ1) is 23.2. The molecule has 7 heteroatoms. The van der Waals surface area contributed by atoms with Crippen LogP contribution in [-0.2, 0) is 16.6 Å². The maximum atomic E-state index is 13.6. The maximum absolute atomic E-state index is 13.6. The number of likely N-dealkylation sites (tertiary alicyclic amines) is 1. The average Bonchev–Trinajstić information content (AvgIpc) is 3.62. The largest absolute Gasteiger partial charge is 0.504 e. The number of phenolic OH excluding ortho intramolecular Hbond substituents is 1. The molecule has 3 fully saturated rings. The van der Waals surface area contributed by atoms with Gasteiger partial charge in [-0.05, 0) is 86.4 Å². The number of benzene rings is 2. The lowest BCUT2D eigenvalue weighted by Crippen LogP contribution is -2.78. The average molecular weight is 505 g/mol. The summed E-state index contributed by atoms with van der Waals surface area (Å²) in [6, 6.07) is 9.58. The highest BCUT2D eigenvalue weighted by molar-refractivity contribution is 5.92. The molecule has 7 rings (SSSR count). The minimum atomic E-state index is -0.978. The van der Waals surface area contributed by atoms with Crippen molar-refractivity contribution in [2.75, 3.05) is 20.1 Å². The number of aliphatic hydroxyl groups is 1. The van der Waals surface area contributed by atoms with E-state index in [1.807, 2.05) is 6.07 Å². The number of ether oxygens (including phenoxy) is 1. The summed E-state index contributed by atoms with van der Waals surface area (Å²) in [4.78, 5) is 17.5. The summed E-state index contributed by atoms with van der Waals surface area (Å²) in [5.41, 5.74) is 1.09. The van der Waals surface area contributed by atoms with Crippen molar-refractivity contribution in [3.05, 3.63) is 65.0 Å². The number of likely N-dealkylation sites (N-methyl/N-ethyl adjacent to an activating group) is 1. The zero-order chi connectivity index (χ0) is 25.5. The standard InChI is InChI=1S/C30H33FN2O4/c1-32(25(35)10-7-18-3-2-4-21(31)15-18)22-11-12-30(36)24-16-20-8-9-23(34)27-26(20)29(30,28(22)37-27)13-14-33(24)17-19-5-6-19/h2-4,7-10,15,19,22,24,28,34,36H,5-6,11-14,16-17H2,1H3/t22-,24+,28-,29-,30+/m0/s1. The summed E-state index contributed by atoms with van der Waals surface area (Å²) in [7, 11) is 1.78. The Labute approximate surface area is 216 Å². The minimum absolute atomic E-state index is 0.00535. The van der Waals surface area contributed by atoms with Crippen molar-refractivity contribution in [2.24, 2.45) is 5.92 Å². The summed E-state index contributed by atoms with van der Waals surface area (Å²) in [5.74, 6) is 0.774. The molecule has 3 aliphatic carbocycles. The fourth-order valence-corrected chi connectivity index (χ4v) is 7.91. The Morgan fingerprint density at radius 1 is 1.24 bits per heavy atom. The number of hydrogen-bond donors (Lipinski definition) is 2. The van der Waals surface area contributed by atoms with Gasteiger partial charge in [-0.2, -0.15) is 0 Å². The first-order valence-corrected chi connectivity index (χ1v) is 13.5. The minimum Gasteiger partial charge on any atom is -0.504 e. The molecule has 0 unspecified atom stereocenters. The molecule has 5 aliphatic rings. The highest BCUT2D eigenvalue weighted by Crippen LogP contribution is 2.66. The van der Waals surface area contributed by atoms with Crippen LogP contribution in [0.3, 0.4) is 0 Å². The van der Waals surface area contributed by atoms with Gasteiger partial charge in [-0.25, -0.2) is 4.39 Å². The van der Waals surface area contributed by atoms with Crippen molar-refractivity contribution >= 4 is 12.0 Å². The number of aromatic hydroxyl groups is 1. The number of piperidine rings is 1. The van der Waals surface area contributed by atoms with Crippen molar-refractivity contribution in [3.63, 3.8) is 0 Å². The van der Waals surface area contributed by atoms with Crippen LogP contribution < -0.4 is 4.74 Å². The van der Waals surface area contributed by atoms with Crippen molar-refractivity contribution in [3.8, 4) is 11.5 Å². The van der Waals surface area contributed by atoms with Crippen LogP contribution in [0.4, 0.5) is 4.39 Å². The first-order chi connectivity index (χ1) is 17.8. The second-order valence-electron chi connectivity index (χ2n) is 11.7. The van der Waals surface area contributed by atoms with Gasteiger partial charge >= 0.3 is 0 Å². The molecule has 2 bridgehead atoms. The number of carbonyl (C=O) groups excluding carboxylic acids is 1. The van der Waals surface area contributed by atoms with Crippen molar-refractivity contribution in [1.82, 2.24) is 9.80 Å². The van der Waals surface area contributed by atoms with Crippen LogP contribution >= 0.6 is 0 Å². The number of nitrogens with zero attached hydrogens (tertiary/aromatic N) is 2. The fourth-order valence-electron chi connectivity index (χ4n) is 7.91. The van der Waals surface area contributed by atoms with E-state index in [-0.39, 0.29) is 29.6 Å². The molecule has 0 radical (unpaired) electrons. The number of rotatable bonds is 5. The lowest BCUT2D eigenvalue weighted by Gasteiger charge is -2.64. The first-order valence-electron chi connectivity index (χ1n) is 13.5. The molecular weight excluding hydrogens is 471 g/mol. The molecule has 0 aromatic heterocycles. The van der Waals surface area contributed by atoms with Crippen LogP contribution in [0.2, 0.25) is 0 Å². The van der Waals surface area contributed by atoms with E-state index in [0.29, 0.717) is 24.2 Å². The van der Waals surface area contributed by atoms with E-state index < -0.39 is 17.1 Å². The lowest BCUT2D eigenvalue weighted by molar-refractivity contribution is -0.200. The molecule has 1 amide bonds. The summed E-state index contributed by atoms with van der Waals surface area (Å²) >= 11 is 0. The second kappa shape index (κ2) is 8.05. The number of carbonyl (C=O) groups is 1. The van der Waals surface area contributed by atoms with Crippen LogP contribution in [0.1, 0.15) is 48.8 Å². The monoisotopic (exact) mass is 504 g/mol. The van der Waals surface area contributed by atoms with Gasteiger partial charge in [0.1, 0.15) is 11.9 Å². The van der Waals surface area contributed by atoms with Crippen molar-refractivity contribution in [2.45, 2.75) is 67.7 Å². The van der Waals surface area contributed by atoms with Gasteiger partial charge in [-0.15, -0.1) is 0 Å². The fraction of sp³-hybridized carbons (Fsp3) is 0.500. The van der Waals surface area contributed by atoms with Crippen LogP contribution in [0, 0.1) is 11.7 Å². The van der Waals surface area contributed by atoms with E-state index in [9.17, 15) is 19.4 Å². The topological polar surface area (TPSA) is 73.2 Å². The zero-order valence-corrected chi connectivity index (χ0v) is 21.1. The zero-order valence-electron chi connectivity index (χ0n) is 21.1. The Morgan fingerprint density at radius 3 is 2.86 bits per heavy atom. The molecule has 2 saturated carbocycles. The van der Waals surface area contributed by atoms with E-state index >= 15 is 0 Å². The maximum Gasteiger partial charge on any atom is 0.246 e. The Bertz CT molecular complexity index is 1310.